The summed E-state index contributed by atoms with van der Waals surface area (Å²) in [5, 5.41) is 0. The van der Waals surface area contributed by atoms with Gasteiger partial charge in [-0.15, -0.1) is 0 Å². The Morgan fingerprint density at radius 1 is 0.256 bits per heavy atom. The molecule has 0 aromatic carbocycles. The zero-order valence-corrected chi connectivity index (χ0v) is 53.2. The predicted molar refractivity (Wildman–Crippen MR) is 357 cm³/mol. The topological polar surface area (TPSA) is 78.9 Å². The summed E-state index contributed by atoms with van der Waals surface area (Å²) < 4.78 is 16.8. The van der Waals surface area contributed by atoms with E-state index in [1.165, 1.54) is 128 Å². The fourth-order valence-corrected chi connectivity index (χ4v) is 9.03. The van der Waals surface area contributed by atoms with Crippen molar-refractivity contribution < 1.29 is 28.6 Å². The van der Waals surface area contributed by atoms with Crippen molar-refractivity contribution in [3.05, 3.63) is 146 Å². The van der Waals surface area contributed by atoms with Gasteiger partial charge >= 0.3 is 17.9 Å². The zero-order chi connectivity index (χ0) is 59.2. The normalized spacial score (nSPS) is 13.1. The second-order valence-corrected chi connectivity index (χ2v) is 22.0. The predicted octanol–water partition coefficient (Wildman–Crippen LogP) is 23.5. The summed E-state index contributed by atoms with van der Waals surface area (Å²) in [4.78, 5) is 38.2. The van der Waals surface area contributed by atoms with Crippen LogP contribution in [0.4, 0.5) is 0 Å². The first-order chi connectivity index (χ1) is 40.5. The standard InChI is InChI=1S/C76H124O6/c1-4-7-10-13-16-19-21-23-25-27-29-31-33-34-35-36-37-38-39-40-41-42-44-45-47-49-51-53-55-57-60-63-66-69-75(78)81-72-73(71-80-74(77)68-65-62-59-18-15-12-9-6-3)82-76(79)70-67-64-61-58-56-54-52-50-48-46-43-32-30-28-26-24-22-20-17-14-11-8-5-2/h7,10,16,19,22-25,28-31,34-35,37-38,40-41,44-45,49,51,55,57,73H,4-6,8-9,11-15,17-18,20-21,26-27,32-33,36,39,42-43,46-48,50,52-54,56,58-72H2,1-3H3/b10-7-,19-16-,24-22-,25-23-,30-28-,31-29-,35-34-,38-37-,41-40-,45-44-,51-49-,57-55-. The molecule has 0 amide bonds. The third-order valence-corrected chi connectivity index (χ3v) is 14.1. The first kappa shape index (κ1) is 77.3. The average Bonchev–Trinajstić information content (AvgIpc) is 3.47. The Labute approximate surface area is 506 Å². The molecular formula is C76H124O6. The van der Waals surface area contributed by atoms with Crippen molar-refractivity contribution in [3.63, 3.8) is 0 Å². The molecule has 0 aromatic rings. The van der Waals surface area contributed by atoms with Gasteiger partial charge in [0.25, 0.3) is 0 Å². The van der Waals surface area contributed by atoms with Crippen LogP contribution >= 0.6 is 0 Å². The van der Waals surface area contributed by atoms with Crippen LogP contribution in [-0.2, 0) is 28.6 Å². The maximum absolute atomic E-state index is 12.9. The minimum Gasteiger partial charge on any atom is -0.462 e. The van der Waals surface area contributed by atoms with Gasteiger partial charge < -0.3 is 14.2 Å². The summed E-state index contributed by atoms with van der Waals surface area (Å²) in [5.74, 6) is -0.945. The number of carbonyl (C=O) groups excluding carboxylic acids is 3. The number of rotatable bonds is 60. The molecule has 0 aliphatic carbocycles. The van der Waals surface area contributed by atoms with Crippen LogP contribution in [0.15, 0.2) is 146 Å². The fraction of sp³-hybridized carbons (Fsp3) is 0.645. The molecule has 82 heavy (non-hydrogen) atoms. The van der Waals surface area contributed by atoms with E-state index in [-0.39, 0.29) is 31.1 Å². The van der Waals surface area contributed by atoms with Crippen LogP contribution in [0, 0.1) is 0 Å². The third kappa shape index (κ3) is 66.1. The van der Waals surface area contributed by atoms with E-state index < -0.39 is 6.10 Å². The number of carbonyl (C=O) groups is 3. The molecule has 6 nitrogen and oxygen atoms in total. The van der Waals surface area contributed by atoms with Crippen molar-refractivity contribution >= 4 is 17.9 Å². The lowest BCUT2D eigenvalue weighted by Crippen LogP contribution is -2.30. The van der Waals surface area contributed by atoms with Gasteiger partial charge in [0.2, 0.25) is 0 Å². The van der Waals surface area contributed by atoms with Gasteiger partial charge in [-0.05, 0) is 128 Å². The highest BCUT2D eigenvalue weighted by atomic mass is 16.6. The largest absolute Gasteiger partial charge is 0.462 e. The van der Waals surface area contributed by atoms with Gasteiger partial charge in [0.1, 0.15) is 13.2 Å². The molecule has 0 radical (unpaired) electrons. The molecule has 0 saturated carbocycles. The van der Waals surface area contributed by atoms with E-state index in [1.54, 1.807) is 0 Å². The molecule has 0 aliphatic rings. The SMILES string of the molecule is CC/C=C\C/C=C\C/C=C\C/C=C\C/C=C\C/C=C\C/C=C\C/C=C\C/C=C\C/C=C\CCCCC(=O)OCC(COC(=O)CCCCCCCCCC)OC(=O)CCCCCCCCCCCCC/C=C\C/C=C\CCCCCCC. The molecule has 464 valence electrons. The second kappa shape index (κ2) is 68.8. The molecule has 1 unspecified atom stereocenters. The Morgan fingerprint density at radius 3 is 0.768 bits per heavy atom. The molecule has 0 bridgehead atoms. The van der Waals surface area contributed by atoms with E-state index in [9.17, 15) is 14.4 Å². The molecule has 0 rings (SSSR count). The molecule has 0 heterocycles. The lowest BCUT2D eigenvalue weighted by molar-refractivity contribution is -0.167. The summed E-state index contributed by atoms with van der Waals surface area (Å²) in [6.07, 6.45) is 98.8. The molecule has 0 N–H and O–H groups in total. The molecule has 0 aromatic heterocycles. The van der Waals surface area contributed by atoms with Gasteiger partial charge in [0, 0.05) is 19.3 Å². The molecule has 0 spiro atoms. The van der Waals surface area contributed by atoms with Crippen molar-refractivity contribution in [2.45, 2.75) is 303 Å². The van der Waals surface area contributed by atoms with Gasteiger partial charge in [0.15, 0.2) is 6.10 Å². The van der Waals surface area contributed by atoms with Gasteiger partial charge in [-0.2, -0.15) is 0 Å². The highest BCUT2D eigenvalue weighted by Crippen LogP contribution is 2.15. The molecule has 0 fully saturated rings. The van der Waals surface area contributed by atoms with Crippen LogP contribution in [-0.4, -0.2) is 37.2 Å². The van der Waals surface area contributed by atoms with Crippen molar-refractivity contribution in [2.75, 3.05) is 13.2 Å². The molecular weight excluding hydrogens is 1010 g/mol. The van der Waals surface area contributed by atoms with Crippen molar-refractivity contribution in [3.8, 4) is 0 Å². The van der Waals surface area contributed by atoms with Crippen LogP contribution in [0.3, 0.4) is 0 Å². The van der Waals surface area contributed by atoms with Crippen molar-refractivity contribution in [1.29, 1.82) is 0 Å². The number of unbranched alkanes of at least 4 members (excludes halogenated alkanes) is 25. The lowest BCUT2D eigenvalue weighted by atomic mass is 10.0. The van der Waals surface area contributed by atoms with E-state index in [1.807, 2.05) is 0 Å². The summed E-state index contributed by atoms with van der Waals surface area (Å²) in [5.41, 5.74) is 0. The highest BCUT2D eigenvalue weighted by Gasteiger charge is 2.19. The second-order valence-electron chi connectivity index (χ2n) is 22.0. The summed E-state index contributed by atoms with van der Waals surface area (Å²) in [6, 6.07) is 0. The summed E-state index contributed by atoms with van der Waals surface area (Å²) >= 11 is 0. The Balaban J connectivity index is 4.28. The monoisotopic (exact) mass is 1130 g/mol. The van der Waals surface area contributed by atoms with Gasteiger partial charge in [-0.1, -0.05) is 295 Å². The zero-order valence-electron chi connectivity index (χ0n) is 53.2. The van der Waals surface area contributed by atoms with Crippen LogP contribution in [0.1, 0.15) is 297 Å². The third-order valence-electron chi connectivity index (χ3n) is 14.1. The van der Waals surface area contributed by atoms with Crippen molar-refractivity contribution in [2.24, 2.45) is 0 Å². The van der Waals surface area contributed by atoms with E-state index in [0.717, 1.165) is 122 Å². The van der Waals surface area contributed by atoms with Crippen LogP contribution < -0.4 is 0 Å². The summed E-state index contributed by atoms with van der Waals surface area (Å²) in [7, 11) is 0. The molecule has 1 atom stereocenters. The number of hydrogen-bond donors (Lipinski definition) is 0. The first-order valence-electron chi connectivity index (χ1n) is 33.8. The number of hydrogen-bond acceptors (Lipinski definition) is 6. The van der Waals surface area contributed by atoms with Crippen LogP contribution in [0.5, 0.6) is 0 Å². The minimum absolute atomic E-state index is 0.0949. The number of esters is 3. The maximum Gasteiger partial charge on any atom is 0.306 e. The Morgan fingerprint density at radius 2 is 0.476 bits per heavy atom. The number of ether oxygens (including phenoxy) is 3. The van der Waals surface area contributed by atoms with E-state index in [2.05, 4.69) is 167 Å². The fourth-order valence-electron chi connectivity index (χ4n) is 9.03. The Bertz CT molecular complexity index is 1780. The maximum atomic E-state index is 12.9. The van der Waals surface area contributed by atoms with Crippen molar-refractivity contribution in [1.82, 2.24) is 0 Å². The number of allylic oxidation sites excluding steroid dienone is 24. The quantitative estimate of drug-likeness (QED) is 0.0261. The lowest BCUT2D eigenvalue weighted by Gasteiger charge is -2.18. The highest BCUT2D eigenvalue weighted by molar-refractivity contribution is 5.71. The molecule has 6 heteroatoms. The first-order valence-corrected chi connectivity index (χ1v) is 33.8. The van der Waals surface area contributed by atoms with Gasteiger partial charge in [0.05, 0.1) is 0 Å². The van der Waals surface area contributed by atoms with Gasteiger partial charge in [-0.3, -0.25) is 14.4 Å². The van der Waals surface area contributed by atoms with E-state index in [0.29, 0.717) is 25.7 Å². The minimum atomic E-state index is -0.801. The van der Waals surface area contributed by atoms with E-state index >= 15 is 0 Å². The summed E-state index contributed by atoms with van der Waals surface area (Å²) in [6.45, 7) is 6.46. The Hall–Kier alpha value is -4.71. The van der Waals surface area contributed by atoms with E-state index in [4.69, 9.17) is 14.2 Å². The molecule has 0 saturated heterocycles. The Kier molecular flexibility index (Phi) is 64.8. The van der Waals surface area contributed by atoms with Crippen LogP contribution in [0.2, 0.25) is 0 Å². The van der Waals surface area contributed by atoms with Crippen LogP contribution in [0.25, 0.3) is 0 Å². The molecule has 0 aliphatic heterocycles. The van der Waals surface area contributed by atoms with Gasteiger partial charge in [-0.25, -0.2) is 0 Å². The smallest absolute Gasteiger partial charge is 0.306 e. The average molecular weight is 1130 g/mol.